The normalized spacial score (nSPS) is 13.0. The Hall–Kier alpha value is -5.50. The summed E-state index contributed by atoms with van der Waals surface area (Å²) in [5, 5.41) is 1.68. The maximum absolute atomic E-state index is 12.5. The Morgan fingerprint density at radius 2 is 0.917 bits per heavy atom. The summed E-state index contributed by atoms with van der Waals surface area (Å²) in [7, 11) is 0. The Kier molecular flexibility index (Phi) is 11.5. The molecule has 1 aliphatic carbocycles. The third-order valence-electron chi connectivity index (χ3n) is 7.57. The predicted octanol–water partition coefficient (Wildman–Crippen LogP) is 7.39. The first-order chi connectivity index (χ1) is 23.3. The van der Waals surface area contributed by atoms with Crippen LogP contribution in [0.1, 0.15) is 25.0 Å². The second-order valence-corrected chi connectivity index (χ2v) is 11.5. The van der Waals surface area contributed by atoms with Gasteiger partial charge in [-0.1, -0.05) is 86.0 Å². The fourth-order valence-electron chi connectivity index (χ4n) is 5.14. The molecular formula is C40H40O8. The van der Waals surface area contributed by atoms with Crippen molar-refractivity contribution < 1.29 is 38.0 Å². The van der Waals surface area contributed by atoms with Crippen LogP contribution in [0.25, 0.3) is 10.8 Å². The second kappa shape index (κ2) is 16.4. The van der Waals surface area contributed by atoms with Gasteiger partial charge in [0.05, 0.1) is 0 Å². The zero-order valence-corrected chi connectivity index (χ0v) is 27.3. The number of ether oxygens (including phenoxy) is 6. The average Bonchev–Trinajstić information content (AvgIpc) is 3.11. The van der Waals surface area contributed by atoms with Gasteiger partial charge >= 0.3 is 11.9 Å². The third-order valence-corrected chi connectivity index (χ3v) is 7.57. The lowest BCUT2D eigenvalue weighted by Crippen LogP contribution is -2.32. The number of rotatable bonds is 16. The second-order valence-electron chi connectivity index (χ2n) is 11.5. The minimum absolute atomic E-state index is 0.0575. The standard InChI is InChI=1S/C40H40O8/c1-27(2)39(41)47-31(23-43-29-15-7-5-8-16-29)25-45-37-33-19-11-13-21-35(33)38(36-22-14-12-20-34(36)37)46-26-32(48-40(42)28(3)4)24-44-30-17-9-6-10-18-30/h5-19,21,31-32H,1,3,20,22-26H2,2,4H3. The topological polar surface area (TPSA) is 89.5 Å². The molecule has 48 heavy (non-hydrogen) atoms. The quantitative estimate of drug-likeness (QED) is 0.0706. The van der Waals surface area contributed by atoms with E-state index in [9.17, 15) is 9.59 Å². The van der Waals surface area contributed by atoms with E-state index < -0.39 is 24.1 Å². The van der Waals surface area contributed by atoms with Crippen LogP contribution in [0.5, 0.6) is 23.0 Å². The Labute approximate surface area is 281 Å². The minimum atomic E-state index is -0.702. The summed E-state index contributed by atoms with van der Waals surface area (Å²) in [5.41, 5.74) is 2.51. The van der Waals surface area contributed by atoms with Gasteiger partial charge in [0.15, 0.2) is 12.2 Å². The van der Waals surface area contributed by atoms with E-state index in [4.69, 9.17) is 28.4 Å². The molecule has 8 heteroatoms. The maximum Gasteiger partial charge on any atom is 0.333 e. The van der Waals surface area contributed by atoms with Crippen molar-refractivity contribution in [1.82, 2.24) is 0 Å². The molecule has 0 saturated heterocycles. The maximum atomic E-state index is 12.5. The molecule has 248 valence electrons. The van der Waals surface area contributed by atoms with Crippen LogP contribution in [-0.4, -0.2) is 50.6 Å². The van der Waals surface area contributed by atoms with Crippen molar-refractivity contribution in [3.05, 3.63) is 133 Å². The molecule has 2 atom stereocenters. The lowest BCUT2D eigenvalue weighted by atomic mass is 9.90. The summed E-state index contributed by atoms with van der Waals surface area (Å²) in [6, 6.07) is 26.5. The number of benzene rings is 4. The Bertz CT molecular complexity index is 1650. The number of para-hydroxylation sites is 2. The largest absolute Gasteiger partial charge is 0.490 e. The number of hydrogen-bond donors (Lipinski definition) is 0. The van der Waals surface area contributed by atoms with Crippen LogP contribution in [-0.2, 0) is 31.9 Å². The molecule has 0 spiro atoms. The van der Waals surface area contributed by atoms with E-state index in [1.165, 1.54) is 0 Å². The molecule has 4 aromatic rings. The molecule has 8 nitrogen and oxygen atoms in total. The highest BCUT2D eigenvalue weighted by Gasteiger charge is 2.26. The van der Waals surface area contributed by atoms with E-state index in [2.05, 4.69) is 25.3 Å². The van der Waals surface area contributed by atoms with Gasteiger partial charge in [0.1, 0.15) is 49.4 Å². The van der Waals surface area contributed by atoms with E-state index in [-0.39, 0.29) is 37.6 Å². The molecule has 5 rings (SSSR count). The minimum Gasteiger partial charge on any atom is -0.490 e. The third kappa shape index (κ3) is 8.85. The van der Waals surface area contributed by atoms with Gasteiger partial charge in [-0.2, -0.15) is 0 Å². The van der Waals surface area contributed by atoms with Crippen LogP contribution in [0.2, 0.25) is 0 Å². The van der Waals surface area contributed by atoms with E-state index in [1.54, 1.807) is 13.8 Å². The summed E-state index contributed by atoms with van der Waals surface area (Å²) in [6.07, 6.45) is 4.02. The molecule has 0 radical (unpaired) electrons. The molecule has 4 aromatic carbocycles. The summed E-state index contributed by atoms with van der Waals surface area (Å²) in [4.78, 5) is 25.0. The fourth-order valence-corrected chi connectivity index (χ4v) is 5.14. The van der Waals surface area contributed by atoms with Crippen molar-refractivity contribution in [2.75, 3.05) is 26.4 Å². The van der Waals surface area contributed by atoms with Crippen LogP contribution < -0.4 is 18.9 Å². The Morgan fingerprint density at radius 3 is 1.29 bits per heavy atom. The summed E-state index contributed by atoms with van der Waals surface area (Å²) in [6.45, 7) is 10.9. The van der Waals surface area contributed by atoms with E-state index in [0.29, 0.717) is 35.8 Å². The van der Waals surface area contributed by atoms with E-state index in [0.717, 1.165) is 21.9 Å². The number of carbonyl (C=O) groups excluding carboxylic acids is 2. The molecule has 2 unspecified atom stereocenters. The van der Waals surface area contributed by atoms with Gasteiger partial charge in [-0.25, -0.2) is 9.59 Å². The fraction of sp³-hybridized carbons (Fsp3) is 0.250. The van der Waals surface area contributed by atoms with Gasteiger partial charge in [0, 0.05) is 33.0 Å². The van der Waals surface area contributed by atoms with Gasteiger partial charge in [0.25, 0.3) is 0 Å². The lowest BCUT2D eigenvalue weighted by Gasteiger charge is -2.26. The molecule has 0 fully saturated rings. The summed E-state index contributed by atoms with van der Waals surface area (Å²) < 4.78 is 36.3. The van der Waals surface area contributed by atoms with Gasteiger partial charge in [0.2, 0.25) is 0 Å². The van der Waals surface area contributed by atoms with Crippen LogP contribution in [0.3, 0.4) is 0 Å². The highest BCUT2D eigenvalue weighted by Crippen LogP contribution is 2.43. The molecule has 0 aliphatic heterocycles. The van der Waals surface area contributed by atoms with Crippen molar-refractivity contribution in [3.63, 3.8) is 0 Å². The van der Waals surface area contributed by atoms with Crippen LogP contribution in [0.15, 0.2) is 121 Å². The van der Waals surface area contributed by atoms with Crippen molar-refractivity contribution >= 4 is 22.7 Å². The lowest BCUT2D eigenvalue weighted by molar-refractivity contribution is -0.148. The highest BCUT2D eigenvalue weighted by molar-refractivity contribution is 5.96. The molecular weight excluding hydrogens is 608 g/mol. The summed E-state index contributed by atoms with van der Waals surface area (Å²) in [5.74, 6) is 1.65. The molecule has 0 bridgehead atoms. The van der Waals surface area contributed by atoms with E-state index >= 15 is 0 Å². The predicted molar refractivity (Wildman–Crippen MR) is 185 cm³/mol. The van der Waals surface area contributed by atoms with Gasteiger partial charge in [-0.15, -0.1) is 0 Å². The van der Waals surface area contributed by atoms with Gasteiger partial charge < -0.3 is 28.4 Å². The smallest absolute Gasteiger partial charge is 0.333 e. The van der Waals surface area contributed by atoms with Crippen LogP contribution >= 0.6 is 0 Å². The molecule has 0 heterocycles. The zero-order chi connectivity index (χ0) is 33.9. The Morgan fingerprint density at radius 1 is 0.562 bits per heavy atom. The van der Waals surface area contributed by atoms with Crippen molar-refractivity contribution in [2.45, 2.75) is 38.9 Å². The Balaban J connectivity index is 1.40. The number of fused-ring (bicyclic) bond motifs is 2. The van der Waals surface area contributed by atoms with Gasteiger partial charge in [-0.3, -0.25) is 0 Å². The van der Waals surface area contributed by atoms with Crippen LogP contribution in [0, 0.1) is 0 Å². The van der Waals surface area contributed by atoms with E-state index in [1.807, 2.05) is 84.9 Å². The van der Waals surface area contributed by atoms with Crippen molar-refractivity contribution in [3.8, 4) is 23.0 Å². The summed E-state index contributed by atoms with van der Waals surface area (Å²) >= 11 is 0. The first-order valence-electron chi connectivity index (χ1n) is 15.9. The monoisotopic (exact) mass is 648 g/mol. The number of esters is 2. The van der Waals surface area contributed by atoms with Crippen molar-refractivity contribution in [2.24, 2.45) is 0 Å². The van der Waals surface area contributed by atoms with Crippen molar-refractivity contribution in [1.29, 1.82) is 0 Å². The molecule has 0 saturated carbocycles. The van der Waals surface area contributed by atoms with Gasteiger partial charge in [-0.05, 0) is 51.0 Å². The molecule has 0 aromatic heterocycles. The number of carbonyl (C=O) groups is 2. The number of hydrogen-bond acceptors (Lipinski definition) is 8. The first kappa shape index (κ1) is 33.9. The number of allylic oxidation sites excluding steroid dienone is 2. The molecule has 0 N–H and O–H groups in total. The van der Waals surface area contributed by atoms with Crippen LogP contribution in [0.4, 0.5) is 0 Å². The average molecular weight is 649 g/mol. The highest BCUT2D eigenvalue weighted by atomic mass is 16.6. The zero-order valence-electron chi connectivity index (χ0n) is 27.3. The molecule has 1 aliphatic rings. The SMILES string of the molecule is C=C(C)C(=O)OC(COc1ccccc1)COc1c2c(c(OCC(COc3ccccc3)OC(=O)C(=C)C)c3ccccc13)CC=CC2. The molecule has 0 amide bonds. The first-order valence-corrected chi connectivity index (χ1v) is 15.9.